The molecule has 0 aromatic heterocycles. The predicted molar refractivity (Wildman–Crippen MR) is 93.4 cm³/mol. The quantitative estimate of drug-likeness (QED) is 0.746. The van der Waals surface area contributed by atoms with Crippen LogP contribution in [0, 0.1) is 0 Å². The molecule has 25 heavy (non-hydrogen) atoms. The first kappa shape index (κ1) is 18.5. The number of ether oxygens (including phenoxy) is 2. The lowest BCUT2D eigenvalue weighted by molar-refractivity contribution is -0.136. The van der Waals surface area contributed by atoms with E-state index in [4.69, 9.17) is 9.47 Å². The van der Waals surface area contributed by atoms with Gasteiger partial charge in [0.15, 0.2) is 0 Å². The van der Waals surface area contributed by atoms with Gasteiger partial charge in [0.25, 0.3) is 0 Å². The highest BCUT2D eigenvalue weighted by molar-refractivity contribution is 5.78. The number of morpholine rings is 1. The highest BCUT2D eigenvalue weighted by Gasteiger charge is 2.48. The molecule has 1 spiro atoms. The maximum Gasteiger partial charge on any atom is 0.410 e. The fraction of sp³-hybridized carbons (Fsp3) is 0.889. The Hall–Kier alpha value is -1.34. The van der Waals surface area contributed by atoms with E-state index in [0.29, 0.717) is 39.4 Å². The zero-order valence-corrected chi connectivity index (χ0v) is 15.5. The number of hydrogen-bond donors (Lipinski definition) is 0. The lowest BCUT2D eigenvalue weighted by Gasteiger charge is -2.38. The van der Waals surface area contributed by atoms with E-state index in [1.54, 1.807) is 0 Å². The third kappa shape index (κ3) is 4.26. The van der Waals surface area contributed by atoms with Crippen LogP contribution < -0.4 is 0 Å². The van der Waals surface area contributed by atoms with Gasteiger partial charge in [-0.1, -0.05) is 13.3 Å². The lowest BCUT2D eigenvalue weighted by atomic mass is 9.91. The van der Waals surface area contributed by atoms with Gasteiger partial charge in [-0.3, -0.25) is 9.69 Å². The fourth-order valence-electron chi connectivity index (χ4n) is 4.03. The van der Waals surface area contributed by atoms with Gasteiger partial charge in [0, 0.05) is 45.1 Å². The number of carbonyl (C=O) groups is 2. The first-order chi connectivity index (χ1) is 12.0. The molecule has 1 atom stereocenters. The first-order valence-electron chi connectivity index (χ1n) is 9.60. The van der Waals surface area contributed by atoms with Crippen LogP contribution in [0.4, 0.5) is 4.79 Å². The normalized spacial score (nSPS) is 25.3. The number of rotatable bonds is 5. The summed E-state index contributed by atoms with van der Waals surface area (Å²) in [4.78, 5) is 30.7. The van der Waals surface area contributed by atoms with Gasteiger partial charge < -0.3 is 19.3 Å². The van der Waals surface area contributed by atoms with Crippen LogP contribution in [0.1, 0.15) is 39.5 Å². The third-order valence-corrected chi connectivity index (χ3v) is 5.73. The minimum absolute atomic E-state index is 0.178. The summed E-state index contributed by atoms with van der Waals surface area (Å²) in [7, 11) is 0. The zero-order valence-electron chi connectivity index (χ0n) is 15.5. The summed E-state index contributed by atoms with van der Waals surface area (Å²) >= 11 is 0. The molecule has 2 amide bonds. The van der Waals surface area contributed by atoms with Crippen molar-refractivity contribution >= 4 is 12.0 Å². The topological polar surface area (TPSA) is 62.3 Å². The molecule has 7 heteroatoms. The van der Waals surface area contributed by atoms with Crippen molar-refractivity contribution in [1.82, 2.24) is 14.7 Å². The monoisotopic (exact) mass is 353 g/mol. The van der Waals surface area contributed by atoms with Gasteiger partial charge in [0.05, 0.1) is 26.3 Å². The van der Waals surface area contributed by atoms with Crippen molar-refractivity contribution in [3.63, 3.8) is 0 Å². The Kier molecular flexibility index (Phi) is 5.84. The van der Waals surface area contributed by atoms with Crippen molar-refractivity contribution in [1.29, 1.82) is 0 Å². The van der Waals surface area contributed by atoms with Gasteiger partial charge in [0.2, 0.25) is 5.91 Å². The van der Waals surface area contributed by atoms with Crippen LogP contribution in [0.15, 0.2) is 0 Å². The van der Waals surface area contributed by atoms with Crippen molar-refractivity contribution in [2.24, 2.45) is 0 Å². The van der Waals surface area contributed by atoms with E-state index in [9.17, 15) is 9.59 Å². The molecule has 7 nitrogen and oxygen atoms in total. The van der Waals surface area contributed by atoms with Gasteiger partial charge in [-0.05, 0) is 13.3 Å². The van der Waals surface area contributed by atoms with E-state index in [2.05, 4.69) is 18.7 Å². The minimum Gasteiger partial charge on any atom is -0.441 e. The molecule has 3 heterocycles. The van der Waals surface area contributed by atoms with Crippen LogP contribution in [0.25, 0.3) is 0 Å². The summed E-state index contributed by atoms with van der Waals surface area (Å²) in [6, 6.07) is 0.220. The maximum atomic E-state index is 12.5. The number of amides is 2. The van der Waals surface area contributed by atoms with E-state index in [-0.39, 0.29) is 18.0 Å². The Bertz CT molecular complexity index is 485. The Morgan fingerprint density at radius 1 is 1.20 bits per heavy atom. The first-order valence-corrected chi connectivity index (χ1v) is 9.60. The van der Waals surface area contributed by atoms with E-state index >= 15 is 0 Å². The molecule has 3 fully saturated rings. The highest BCUT2D eigenvalue weighted by atomic mass is 16.6. The Labute approximate surface area is 150 Å². The summed E-state index contributed by atoms with van der Waals surface area (Å²) in [6.07, 6.45) is 3.34. The van der Waals surface area contributed by atoms with Crippen LogP contribution in [0.2, 0.25) is 0 Å². The number of hydrogen-bond acceptors (Lipinski definition) is 5. The van der Waals surface area contributed by atoms with E-state index in [1.165, 1.54) is 0 Å². The lowest BCUT2D eigenvalue weighted by Crippen LogP contribution is -2.52. The second-order valence-electron chi connectivity index (χ2n) is 7.59. The van der Waals surface area contributed by atoms with Crippen molar-refractivity contribution in [3.05, 3.63) is 0 Å². The molecule has 3 rings (SSSR count). The fourth-order valence-corrected chi connectivity index (χ4v) is 4.03. The maximum absolute atomic E-state index is 12.5. The molecular weight excluding hydrogens is 322 g/mol. The Morgan fingerprint density at radius 3 is 2.52 bits per heavy atom. The van der Waals surface area contributed by atoms with Gasteiger partial charge in [-0.2, -0.15) is 0 Å². The van der Waals surface area contributed by atoms with Crippen LogP contribution >= 0.6 is 0 Å². The van der Waals surface area contributed by atoms with Crippen LogP contribution in [0.3, 0.4) is 0 Å². The number of piperidine rings is 1. The number of nitrogens with zero attached hydrogens (tertiary/aromatic N) is 3. The third-order valence-electron chi connectivity index (χ3n) is 5.73. The summed E-state index contributed by atoms with van der Waals surface area (Å²) in [5.41, 5.74) is -0.394. The summed E-state index contributed by atoms with van der Waals surface area (Å²) in [5, 5.41) is 0. The van der Waals surface area contributed by atoms with Crippen LogP contribution in [0.5, 0.6) is 0 Å². The SMILES string of the molecule is CCCC(C)N1CC2(CCN(C(=O)CN3CCOCC3)CC2)OC1=O. The van der Waals surface area contributed by atoms with Crippen LogP contribution in [-0.2, 0) is 14.3 Å². The van der Waals surface area contributed by atoms with E-state index < -0.39 is 5.60 Å². The number of likely N-dealkylation sites (tertiary alicyclic amines) is 1. The van der Waals surface area contributed by atoms with Gasteiger partial charge in [-0.15, -0.1) is 0 Å². The second kappa shape index (κ2) is 7.91. The van der Waals surface area contributed by atoms with E-state index in [1.807, 2.05) is 9.80 Å². The number of carbonyl (C=O) groups excluding carboxylic acids is 2. The highest BCUT2D eigenvalue weighted by Crippen LogP contribution is 2.34. The summed E-state index contributed by atoms with van der Waals surface area (Å²) in [5.74, 6) is 0.178. The van der Waals surface area contributed by atoms with Gasteiger partial charge in [-0.25, -0.2) is 4.79 Å². The molecule has 0 radical (unpaired) electrons. The molecule has 142 valence electrons. The molecule has 3 aliphatic rings. The molecule has 0 N–H and O–H groups in total. The molecule has 0 aromatic rings. The predicted octanol–water partition coefficient (Wildman–Crippen LogP) is 1.32. The standard InChI is InChI=1S/C18H31N3O4/c1-3-4-15(2)21-14-18(25-17(21)23)5-7-20(8-6-18)16(22)13-19-9-11-24-12-10-19/h15H,3-14H2,1-2H3. The van der Waals surface area contributed by atoms with Gasteiger partial charge >= 0.3 is 6.09 Å². The molecule has 0 aromatic carbocycles. The van der Waals surface area contributed by atoms with Crippen molar-refractivity contribution in [2.75, 3.05) is 52.5 Å². The van der Waals surface area contributed by atoms with Crippen molar-refractivity contribution in [3.8, 4) is 0 Å². The summed E-state index contributed by atoms with van der Waals surface area (Å²) < 4.78 is 11.1. The molecule has 3 aliphatic heterocycles. The van der Waals surface area contributed by atoms with Gasteiger partial charge in [0.1, 0.15) is 5.60 Å². The molecule has 0 saturated carbocycles. The average Bonchev–Trinajstić information content (AvgIpc) is 2.93. The molecule has 0 bridgehead atoms. The zero-order chi connectivity index (χ0) is 17.9. The average molecular weight is 353 g/mol. The molecule has 1 unspecified atom stereocenters. The molecular formula is C18H31N3O4. The van der Waals surface area contributed by atoms with Crippen molar-refractivity contribution < 1.29 is 19.1 Å². The molecule has 0 aliphatic carbocycles. The Balaban J connectivity index is 1.49. The largest absolute Gasteiger partial charge is 0.441 e. The molecule has 3 saturated heterocycles. The van der Waals surface area contributed by atoms with E-state index in [0.717, 1.165) is 38.8 Å². The van der Waals surface area contributed by atoms with Crippen molar-refractivity contribution in [2.45, 2.75) is 51.2 Å². The minimum atomic E-state index is -0.394. The summed E-state index contributed by atoms with van der Waals surface area (Å²) in [6.45, 7) is 9.76. The van der Waals surface area contributed by atoms with Crippen LogP contribution in [-0.4, -0.2) is 90.8 Å². The Morgan fingerprint density at radius 2 is 1.88 bits per heavy atom. The smallest absolute Gasteiger partial charge is 0.410 e. The second-order valence-corrected chi connectivity index (χ2v) is 7.59.